The predicted octanol–water partition coefficient (Wildman–Crippen LogP) is 1.46. The first-order valence-electron chi connectivity index (χ1n) is 8.01. The van der Waals surface area contributed by atoms with Crippen molar-refractivity contribution in [3.8, 4) is 0 Å². The van der Waals surface area contributed by atoms with Gasteiger partial charge in [0, 0.05) is 24.2 Å². The van der Waals surface area contributed by atoms with Gasteiger partial charge >= 0.3 is 0 Å². The van der Waals surface area contributed by atoms with Gasteiger partial charge in [0.05, 0.1) is 15.7 Å². The highest BCUT2D eigenvalue weighted by atomic mass is 32.2. The van der Waals surface area contributed by atoms with Gasteiger partial charge in [0.2, 0.25) is 10.0 Å². The first-order valence-corrected chi connectivity index (χ1v) is 10.3. The number of aryl methyl sites for hydroxylation is 1. The summed E-state index contributed by atoms with van der Waals surface area (Å²) in [5, 5.41) is 15.0. The molecule has 0 atom stereocenters. The molecule has 1 saturated heterocycles. The molecule has 0 radical (unpaired) electrons. The van der Waals surface area contributed by atoms with Crippen molar-refractivity contribution in [2.24, 2.45) is 0 Å². The minimum atomic E-state index is -3.57. The summed E-state index contributed by atoms with van der Waals surface area (Å²) in [7, 11) is -3.57. The van der Waals surface area contributed by atoms with Crippen LogP contribution in [0.25, 0.3) is 0 Å². The van der Waals surface area contributed by atoms with Gasteiger partial charge in [0.1, 0.15) is 0 Å². The van der Waals surface area contributed by atoms with Gasteiger partial charge in [-0.2, -0.15) is 4.31 Å². The summed E-state index contributed by atoms with van der Waals surface area (Å²) >= 11 is 1.03. The SMILES string of the molecule is Cc1ccc(C(=O)[O-])cc1NC(=O)c1cc(S(=O)(=O)N2CCCC2)cs1. The number of carbonyl (C=O) groups excluding carboxylic acids is 2. The third-order valence-corrected chi connectivity index (χ3v) is 7.18. The molecule has 2 aromatic rings. The van der Waals surface area contributed by atoms with Gasteiger partial charge in [0.15, 0.2) is 0 Å². The fourth-order valence-electron chi connectivity index (χ4n) is 2.72. The zero-order valence-electron chi connectivity index (χ0n) is 14.0. The second-order valence-electron chi connectivity index (χ2n) is 6.03. The molecule has 1 amide bonds. The van der Waals surface area contributed by atoms with Crippen molar-refractivity contribution in [3.05, 3.63) is 45.6 Å². The largest absolute Gasteiger partial charge is 0.545 e. The van der Waals surface area contributed by atoms with Gasteiger partial charge in [-0.25, -0.2) is 8.42 Å². The molecular weight excluding hydrogens is 376 g/mol. The highest BCUT2D eigenvalue weighted by Crippen LogP contribution is 2.26. The molecule has 9 heteroatoms. The van der Waals surface area contributed by atoms with Crippen LogP contribution in [0.3, 0.4) is 0 Å². The van der Waals surface area contributed by atoms with Gasteiger partial charge in [0.25, 0.3) is 5.91 Å². The third kappa shape index (κ3) is 3.64. The van der Waals surface area contributed by atoms with Crippen molar-refractivity contribution in [2.45, 2.75) is 24.7 Å². The number of aromatic carboxylic acids is 1. The minimum Gasteiger partial charge on any atom is -0.545 e. The molecule has 1 aliphatic rings. The lowest BCUT2D eigenvalue weighted by molar-refractivity contribution is -0.255. The number of nitrogens with one attached hydrogen (secondary N) is 1. The molecule has 0 aliphatic carbocycles. The topological polar surface area (TPSA) is 107 Å². The summed E-state index contributed by atoms with van der Waals surface area (Å²) in [5.74, 6) is -1.83. The van der Waals surface area contributed by atoms with Crippen LogP contribution in [0.2, 0.25) is 0 Å². The Kier molecular flexibility index (Phi) is 5.12. The summed E-state index contributed by atoms with van der Waals surface area (Å²) < 4.78 is 26.5. The monoisotopic (exact) mass is 393 g/mol. The molecule has 3 rings (SSSR count). The number of benzene rings is 1. The van der Waals surface area contributed by atoms with Crippen molar-refractivity contribution >= 4 is 38.9 Å². The number of rotatable bonds is 5. The van der Waals surface area contributed by atoms with E-state index in [4.69, 9.17) is 0 Å². The van der Waals surface area contributed by atoms with Gasteiger partial charge < -0.3 is 15.2 Å². The van der Waals surface area contributed by atoms with Crippen LogP contribution in [0.4, 0.5) is 5.69 Å². The van der Waals surface area contributed by atoms with E-state index in [2.05, 4.69) is 5.32 Å². The Hall–Kier alpha value is -2.23. The van der Waals surface area contributed by atoms with Gasteiger partial charge in [-0.3, -0.25) is 4.79 Å². The first kappa shape index (κ1) is 18.6. The summed E-state index contributed by atoms with van der Waals surface area (Å²) in [5.41, 5.74) is 0.980. The second-order valence-corrected chi connectivity index (χ2v) is 8.88. The molecule has 138 valence electrons. The number of carboxylic acid groups (broad SMARTS) is 1. The highest BCUT2D eigenvalue weighted by molar-refractivity contribution is 7.89. The summed E-state index contributed by atoms with van der Waals surface area (Å²) in [6.45, 7) is 2.72. The molecule has 1 aromatic heterocycles. The maximum absolute atomic E-state index is 12.5. The Balaban J connectivity index is 1.81. The van der Waals surface area contributed by atoms with Crippen LogP contribution in [-0.4, -0.2) is 37.7 Å². The Bertz CT molecular complexity index is 959. The van der Waals surface area contributed by atoms with E-state index in [9.17, 15) is 23.1 Å². The average molecular weight is 393 g/mol. The van der Waals surface area contributed by atoms with Crippen LogP contribution >= 0.6 is 11.3 Å². The summed E-state index contributed by atoms with van der Waals surface area (Å²) in [6, 6.07) is 5.63. The molecule has 1 aromatic carbocycles. The first-order chi connectivity index (χ1) is 12.3. The standard InChI is InChI=1S/C17H18N2O5S2/c1-11-4-5-12(17(21)22)8-14(11)18-16(20)15-9-13(10-25-15)26(23,24)19-6-2-3-7-19/h4-5,8-10H,2-3,6-7H2,1H3,(H,18,20)(H,21,22)/p-1. The lowest BCUT2D eigenvalue weighted by atomic mass is 10.1. The van der Waals surface area contributed by atoms with Crippen LogP contribution in [0.15, 0.2) is 34.5 Å². The van der Waals surface area contributed by atoms with Crippen LogP contribution in [-0.2, 0) is 10.0 Å². The molecule has 0 saturated carbocycles. The van der Waals surface area contributed by atoms with Crippen molar-refractivity contribution in [2.75, 3.05) is 18.4 Å². The number of hydrogen-bond acceptors (Lipinski definition) is 6. The van der Waals surface area contributed by atoms with Crippen LogP contribution in [0.5, 0.6) is 0 Å². The Morgan fingerprint density at radius 3 is 2.54 bits per heavy atom. The fraction of sp³-hybridized carbons (Fsp3) is 0.294. The Morgan fingerprint density at radius 2 is 1.88 bits per heavy atom. The number of nitrogens with zero attached hydrogens (tertiary/aromatic N) is 1. The quantitative estimate of drug-likeness (QED) is 0.828. The van der Waals surface area contributed by atoms with Crippen molar-refractivity contribution in [3.63, 3.8) is 0 Å². The number of hydrogen-bond donors (Lipinski definition) is 1. The molecule has 26 heavy (non-hydrogen) atoms. The zero-order chi connectivity index (χ0) is 18.9. The van der Waals surface area contributed by atoms with E-state index in [-0.39, 0.29) is 15.3 Å². The smallest absolute Gasteiger partial charge is 0.265 e. The van der Waals surface area contributed by atoms with E-state index in [0.717, 1.165) is 24.2 Å². The number of sulfonamides is 1. The van der Waals surface area contributed by atoms with E-state index in [1.807, 2.05) is 0 Å². The highest BCUT2D eigenvalue weighted by Gasteiger charge is 2.28. The normalized spacial score (nSPS) is 15.1. The van der Waals surface area contributed by atoms with E-state index < -0.39 is 21.9 Å². The van der Waals surface area contributed by atoms with E-state index >= 15 is 0 Å². The predicted molar refractivity (Wildman–Crippen MR) is 95.8 cm³/mol. The maximum Gasteiger partial charge on any atom is 0.265 e. The molecule has 0 spiro atoms. The van der Waals surface area contributed by atoms with Crippen LogP contribution in [0.1, 0.15) is 38.4 Å². The van der Waals surface area contributed by atoms with Crippen molar-refractivity contribution in [1.29, 1.82) is 0 Å². The van der Waals surface area contributed by atoms with Crippen LogP contribution in [0, 0.1) is 6.92 Å². The molecule has 1 fully saturated rings. The second kappa shape index (κ2) is 7.18. The lowest BCUT2D eigenvalue weighted by Gasteiger charge is -2.13. The number of carboxylic acids is 1. The van der Waals surface area contributed by atoms with E-state index in [0.29, 0.717) is 24.3 Å². The molecule has 1 N–H and O–H groups in total. The maximum atomic E-state index is 12.5. The minimum absolute atomic E-state index is 0.0469. The fourth-order valence-corrected chi connectivity index (χ4v) is 5.39. The summed E-state index contributed by atoms with van der Waals surface area (Å²) in [6.07, 6.45) is 1.68. The molecule has 1 aliphatic heterocycles. The Morgan fingerprint density at radius 1 is 1.19 bits per heavy atom. The van der Waals surface area contributed by atoms with Crippen molar-refractivity contribution in [1.82, 2.24) is 4.31 Å². The molecule has 0 bridgehead atoms. The number of amides is 1. The Labute approximate surface area is 155 Å². The van der Waals surface area contributed by atoms with Gasteiger partial charge in [-0.15, -0.1) is 11.3 Å². The molecule has 7 nitrogen and oxygen atoms in total. The lowest BCUT2D eigenvalue weighted by Crippen LogP contribution is -2.27. The van der Waals surface area contributed by atoms with Gasteiger partial charge in [-0.05, 0) is 43.0 Å². The van der Waals surface area contributed by atoms with E-state index in [1.54, 1.807) is 13.0 Å². The molecule has 2 heterocycles. The van der Waals surface area contributed by atoms with Crippen LogP contribution < -0.4 is 10.4 Å². The van der Waals surface area contributed by atoms with Crippen molar-refractivity contribution < 1.29 is 23.1 Å². The van der Waals surface area contributed by atoms with E-state index in [1.165, 1.54) is 27.9 Å². The summed E-state index contributed by atoms with van der Waals surface area (Å²) in [4.78, 5) is 23.7. The number of thiophene rings is 1. The average Bonchev–Trinajstić information content (AvgIpc) is 3.29. The number of anilines is 1. The van der Waals surface area contributed by atoms with Gasteiger partial charge in [-0.1, -0.05) is 12.1 Å². The molecule has 0 unspecified atom stereocenters. The zero-order valence-corrected chi connectivity index (χ0v) is 15.7. The third-order valence-electron chi connectivity index (χ3n) is 4.22. The molecular formula is C17H17N2O5S2-. The number of carbonyl (C=O) groups is 2.